The smallest absolute Gasteiger partial charge is 0.257 e. The molecule has 1 atom stereocenters. The second kappa shape index (κ2) is 6.78. The Morgan fingerprint density at radius 1 is 1.04 bits per heavy atom. The van der Waals surface area contributed by atoms with Gasteiger partial charge in [-0.2, -0.15) is 0 Å². The van der Waals surface area contributed by atoms with E-state index in [0.717, 1.165) is 0 Å². The van der Waals surface area contributed by atoms with Gasteiger partial charge in [-0.15, -0.1) is 0 Å². The van der Waals surface area contributed by atoms with Crippen LogP contribution in [0.15, 0.2) is 48.5 Å². The van der Waals surface area contributed by atoms with Crippen molar-refractivity contribution in [2.24, 2.45) is 0 Å². The molecule has 2 aromatic carbocycles. The lowest BCUT2D eigenvalue weighted by Crippen LogP contribution is -2.43. The van der Waals surface area contributed by atoms with Gasteiger partial charge in [0.25, 0.3) is 5.91 Å². The van der Waals surface area contributed by atoms with Crippen molar-refractivity contribution in [3.63, 3.8) is 0 Å². The second-order valence-electron chi connectivity index (χ2n) is 5.63. The lowest BCUT2D eigenvalue weighted by Gasteiger charge is -2.24. The van der Waals surface area contributed by atoms with Crippen molar-refractivity contribution >= 4 is 17.5 Å². The monoisotopic (exact) mass is 330 g/mol. The summed E-state index contributed by atoms with van der Waals surface area (Å²) in [5.74, 6) is -1.86. The number of benzene rings is 2. The van der Waals surface area contributed by atoms with Crippen molar-refractivity contribution in [3.8, 4) is 0 Å². The molecule has 0 radical (unpaired) electrons. The number of hydrogen-bond acceptors (Lipinski definition) is 2. The summed E-state index contributed by atoms with van der Waals surface area (Å²) < 4.78 is 26.7. The molecule has 24 heavy (non-hydrogen) atoms. The Kier molecular flexibility index (Phi) is 4.55. The largest absolute Gasteiger partial charge is 0.327 e. The minimum absolute atomic E-state index is 0.0426. The van der Waals surface area contributed by atoms with Crippen LogP contribution in [-0.2, 0) is 4.79 Å². The van der Waals surface area contributed by atoms with Gasteiger partial charge in [0.2, 0.25) is 5.91 Å². The quantitative estimate of drug-likeness (QED) is 0.939. The van der Waals surface area contributed by atoms with Gasteiger partial charge in [0.15, 0.2) is 0 Å². The molecule has 1 aliphatic heterocycles. The number of hydrogen-bond donors (Lipinski definition) is 1. The molecule has 0 aliphatic carbocycles. The lowest BCUT2D eigenvalue weighted by molar-refractivity contribution is -0.119. The number of carbonyl (C=O) groups is 2. The van der Waals surface area contributed by atoms with Crippen molar-refractivity contribution in [3.05, 3.63) is 65.7 Å². The summed E-state index contributed by atoms with van der Waals surface area (Å²) in [6.07, 6.45) is 1.18. The van der Waals surface area contributed by atoms with E-state index < -0.39 is 23.6 Å². The summed E-state index contributed by atoms with van der Waals surface area (Å²) in [4.78, 5) is 26.4. The van der Waals surface area contributed by atoms with Crippen LogP contribution in [0.25, 0.3) is 0 Å². The summed E-state index contributed by atoms with van der Waals surface area (Å²) in [6, 6.07) is 10.4. The summed E-state index contributed by atoms with van der Waals surface area (Å²) in [7, 11) is 0. The molecule has 3 rings (SSSR count). The Balaban J connectivity index is 1.75. The van der Waals surface area contributed by atoms with Crippen molar-refractivity contribution in [2.75, 3.05) is 11.9 Å². The maximum atomic E-state index is 13.8. The van der Waals surface area contributed by atoms with E-state index in [1.165, 1.54) is 47.4 Å². The van der Waals surface area contributed by atoms with E-state index in [2.05, 4.69) is 5.32 Å². The van der Waals surface area contributed by atoms with E-state index in [4.69, 9.17) is 0 Å². The molecule has 0 spiro atoms. The number of anilines is 1. The molecule has 0 saturated carbocycles. The zero-order valence-electron chi connectivity index (χ0n) is 12.8. The zero-order valence-corrected chi connectivity index (χ0v) is 12.8. The minimum atomic E-state index is -0.665. The first-order valence-corrected chi connectivity index (χ1v) is 7.68. The summed E-state index contributed by atoms with van der Waals surface area (Å²) >= 11 is 0. The van der Waals surface area contributed by atoms with Crippen LogP contribution in [0.4, 0.5) is 14.5 Å². The molecule has 1 saturated heterocycles. The molecule has 6 heteroatoms. The van der Waals surface area contributed by atoms with Crippen molar-refractivity contribution in [1.82, 2.24) is 4.90 Å². The van der Waals surface area contributed by atoms with Crippen LogP contribution in [0.5, 0.6) is 0 Å². The van der Waals surface area contributed by atoms with E-state index in [9.17, 15) is 18.4 Å². The highest BCUT2D eigenvalue weighted by Gasteiger charge is 2.35. The number of likely N-dealkylation sites (tertiary alicyclic amines) is 1. The first-order valence-electron chi connectivity index (χ1n) is 7.68. The van der Waals surface area contributed by atoms with Gasteiger partial charge in [0.05, 0.1) is 5.56 Å². The molecular weight excluding hydrogens is 314 g/mol. The molecule has 2 amide bonds. The van der Waals surface area contributed by atoms with Crippen LogP contribution in [-0.4, -0.2) is 29.3 Å². The van der Waals surface area contributed by atoms with E-state index in [0.29, 0.717) is 25.1 Å². The Hall–Kier alpha value is -2.76. The fourth-order valence-corrected chi connectivity index (χ4v) is 2.83. The predicted octanol–water partition coefficient (Wildman–Crippen LogP) is 3.21. The number of carbonyl (C=O) groups excluding carboxylic acids is 2. The van der Waals surface area contributed by atoms with Gasteiger partial charge in [-0.25, -0.2) is 8.78 Å². The zero-order chi connectivity index (χ0) is 17.1. The Labute approximate surface area is 138 Å². The number of halogens is 2. The van der Waals surface area contributed by atoms with E-state index in [1.807, 2.05) is 0 Å². The third kappa shape index (κ3) is 3.27. The molecule has 0 bridgehead atoms. The first kappa shape index (κ1) is 16.1. The van der Waals surface area contributed by atoms with Crippen LogP contribution >= 0.6 is 0 Å². The highest BCUT2D eigenvalue weighted by Crippen LogP contribution is 2.23. The summed E-state index contributed by atoms with van der Waals surface area (Å²) in [5, 5.41) is 2.67. The molecule has 1 fully saturated rings. The van der Waals surface area contributed by atoms with Crippen LogP contribution < -0.4 is 5.32 Å². The lowest BCUT2D eigenvalue weighted by atomic mass is 10.1. The highest BCUT2D eigenvalue weighted by atomic mass is 19.1. The van der Waals surface area contributed by atoms with E-state index in [-0.39, 0.29) is 11.5 Å². The normalized spacial score (nSPS) is 16.9. The summed E-state index contributed by atoms with van der Waals surface area (Å²) in [5.41, 5.74) is 0.408. The standard InChI is InChI=1S/C18H16F2N2O2/c19-12-7-9-13(10-8-12)21-17(23)16-6-3-11-22(16)18(24)14-4-1-2-5-15(14)20/h1-2,4-5,7-10,16H,3,6,11H2,(H,21,23). The molecule has 1 heterocycles. The number of nitrogens with zero attached hydrogens (tertiary/aromatic N) is 1. The average molecular weight is 330 g/mol. The van der Waals surface area contributed by atoms with Gasteiger partial charge in [-0.05, 0) is 49.2 Å². The number of rotatable bonds is 3. The molecule has 124 valence electrons. The van der Waals surface area contributed by atoms with Crippen molar-refractivity contribution < 1.29 is 18.4 Å². The van der Waals surface area contributed by atoms with Crippen LogP contribution in [0.3, 0.4) is 0 Å². The minimum Gasteiger partial charge on any atom is -0.327 e. The van der Waals surface area contributed by atoms with Gasteiger partial charge in [-0.3, -0.25) is 9.59 Å². The molecule has 1 unspecified atom stereocenters. The van der Waals surface area contributed by atoms with E-state index >= 15 is 0 Å². The van der Waals surface area contributed by atoms with Gasteiger partial charge >= 0.3 is 0 Å². The topological polar surface area (TPSA) is 49.4 Å². The van der Waals surface area contributed by atoms with E-state index in [1.54, 1.807) is 6.07 Å². The molecular formula is C18H16F2N2O2. The Morgan fingerprint density at radius 2 is 1.75 bits per heavy atom. The fourth-order valence-electron chi connectivity index (χ4n) is 2.83. The second-order valence-corrected chi connectivity index (χ2v) is 5.63. The number of amides is 2. The van der Waals surface area contributed by atoms with Crippen molar-refractivity contribution in [1.29, 1.82) is 0 Å². The van der Waals surface area contributed by atoms with Crippen LogP contribution in [0.2, 0.25) is 0 Å². The molecule has 0 aromatic heterocycles. The van der Waals surface area contributed by atoms with Crippen LogP contribution in [0, 0.1) is 11.6 Å². The van der Waals surface area contributed by atoms with Gasteiger partial charge in [0, 0.05) is 12.2 Å². The summed E-state index contributed by atoms with van der Waals surface area (Å²) in [6.45, 7) is 0.397. The third-order valence-corrected chi connectivity index (χ3v) is 4.03. The maximum absolute atomic E-state index is 13.8. The Bertz CT molecular complexity index is 762. The predicted molar refractivity (Wildman–Crippen MR) is 85.5 cm³/mol. The third-order valence-electron chi connectivity index (χ3n) is 4.03. The molecule has 4 nitrogen and oxygen atoms in total. The number of nitrogens with one attached hydrogen (secondary N) is 1. The maximum Gasteiger partial charge on any atom is 0.257 e. The van der Waals surface area contributed by atoms with Crippen molar-refractivity contribution in [2.45, 2.75) is 18.9 Å². The molecule has 1 N–H and O–H groups in total. The van der Waals surface area contributed by atoms with Gasteiger partial charge < -0.3 is 10.2 Å². The van der Waals surface area contributed by atoms with Gasteiger partial charge in [0.1, 0.15) is 17.7 Å². The average Bonchev–Trinajstić information content (AvgIpc) is 3.06. The SMILES string of the molecule is O=C(Nc1ccc(F)cc1)C1CCCN1C(=O)c1ccccc1F. The Morgan fingerprint density at radius 3 is 2.46 bits per heavy atom. The fraction of sp³-hybridized carbons (Fsp3) is 0.222. The first-order chi connectivity index (χ1) is 11.6. The highest BCUT2D eigenvalue weighted by molar-refractivity contribution is 6.01. The van der Waals surface area contributed by atoms with Gasteiger partial charge in [-0.1, -0.05) is 12.1 Å². The van der Waals surface area contributed by atoms with Crippen LogP contribution in [0.1, 0.15) is 23.2 Å². The molecule has 2 aromatic rings. The molecule has 1 aliphatic rings.